The third kappa shape index (κ3) is 3.43. The molecule has 0 fully saturated rings. The number of carbonyl (C=O) groups is 1. The molecule has 0 aliphatic heterocycles. The van der Waals surface area contributed by atoms with Crippen molar-refractivity contribution >= 4 is 16.9 Å². The number of aliphatic hydroxyl groups is 1. The van der Waals surface area contributed by atoms with Gasteiger partial charge in [0.15, 0.2) is 0 Å². The SMILES string of the molecule is C[C@@](CO)(Cn1cnc2ccccc21)NC(=O)Cc1ccco1. The van der Waals surface area contributed by atoms with Gasteiger partial charge < -0.3 is 19.4 Å². The van der Waals surface area contributed by atoms with Crippen molar-refractivity contribution in [1.29, 1.82) is 0 Å². The van der Waals surface area contributed by atoms with Crippen LogP contribution in [0.25, 0.3) is 11.0 Å². The molecule has 6 heteroatoms. The Bertz CT molecular complexity index is 794. The summed E-state index contributed by atoms with van der Waals surface area (Å²) in [6, 6.07) is 11.2. The minimum atomic E-state index is -0.785. The Morgan fingerprint density at radius 3 is 2.91 bits per heavy atom. The van der Waals surface area contributed by atoms with Gasteiger partial charge in [0.2, 0.25) is 5.91 Å². The minimum Gasteiger partial charge on any atom is -0.469 e. The van der Waals surface area contributed by atoms with E-state index in [1.165, 1.54) is 6.26 Å². The molecule has 3 aromatic rings. The van der Waals surface area contributed by atoms with Gasteiger partial charge in [-0.15, -0.1) is 0 Å². The molecule has 6 nitrogen and oxygen atoms in total. The van der Waals surface area contributed by atoms with Crippen LogP contribution in [0, 0.1) is 0 Å². The Morgan fingerprint density at radius 2 is 2.17 bits per heavy atom. The van der Waals surface area contributed by atoms with Crippen molar-refractivity contribution in [3.63, 3.8) is 0 Å². The Balaban J connectivity index is 1.73. The molecular weight excluding hydrogens is 294 g/mol. The molecule has 0 saturated carbocycles. The monoisotopic (exact) mass is 313 g/mol. The summed E-state index contributed by atoms with van der Waals surface area (Å²) in [5, 5.41) is 12.6. The summed E-state index contributed by atoms with van der Waals surface area (Å²) in [4.78, 5) is 16.5. The van der Waals surface area contributed by atoms with Gasteiger partial charge >= 0.3 is 0 Å². The minimum absolute atomic E-state index is 0.146. The first kappa shape index (κ1) is 15.3. The number of amides is 1. The zero-order valence-corrected chi connectivity index (χ0v) is 12.9. The number of nitrogens with zero attached hydrogens (tertiary/aromatic N) is 2. The van der Waals surface area contributed by atoms with Gasteiger partial charge in [-0.1, -0.05) is 12.1 Å². The highest BCUT2D eigenvalue weighted by Crippen LogP contribution is 2.16. The van der Waals surface area contributed by atoms with Crippen LogP contribution >= 0.6 is 0 Å². The largest absolute Gasteiger partial charge is 0.469 e. The molecule has 3 rings (SSSR count). The highest BCUT2D eigenvalue weighted by molar-refractivity contribution is 5.79. The highest BCUT2D eigenvalue weighted by Gasteiger charge is 2.27. The van der Waals surface area contributed by atoms with Gasteiger partial charge in [-0.05, 0) is 31.2 Å². The van der Waals surface area contributed by atoms with Gasteiger partial charge in [0.05, 0.1) is 42.2 Å². The van der Waals surface area contributed by atoms with Crippen LogP contribution < -0.4 is 5.32 Å². The van der Waals surface area contributed by atoms with E-state index in [1.54, 1.807) is 18.5 Å². The lowest BCUT2D eigenvalue weighted by atomic mass is 10.0. The maximum Gasteiger partial charge on any atom is 0.228 e. The van der Waals surface area contributed by atoms with Gasteiger partial charge in [-0.2, -0.15) is 0 Å². The van der Waals surface area contributed by atoms with E-state index >= 15 is 0 Å². The molecule has 0 aliphatic carbocycles. The molecule has 23 heavy (non-hydrogen) atoms. The number of fused-ring (bicyclic) bond motifs is 1. The average molecular weight is 313 g/mol. The predicted molar refractivity (Wildman–Crippen MR) is 85.8 cm³/mol. The van der Waals surface area contributed by atoms with Gasteiger partial charge in [0.25, 0.3) is 0 Å². The second kappa shape index (κ2) is 6.26. The van der Waals surface area contributed by atoms with Crippen molar-refractivity contribution in [2.75, 3.05) is 6.61 Å². The van der Waals surface area contributed by atoms with Gasteiger partial charge in [0, 0.05) is 6.54 Å². The van der Waals surface area contributed by atoms with E-state index in [4.69, 9.17) is 4.42 Å². The molecule has 1 atom stereocenters. The second-order valence-electron chi connectivity index (χ2n) is 5.88. The Labute approximate surface area is 133 Å². The molecule has 1 amide bonds. The molecule has 0 unspecified atom stereocenters. The molecule has 2 aromatic heterocycles. The van der Waals surface area contributed by atoms with Crippen LogP contribution in [-0.2, 0) is 17.8 Å². The molecule has 0 radical (unpaired) electrons. The maximum atomic E-state index is 12.2. The lowest BCUT2D eigenvalue weighted by Gasteiger charge is -2.29. The van der Waals surface area contributed by atoms with E-state index in [9.17, 15) is 9.90 Å². The van der Waals surface area contributed by atoms with Crippen LogP contribution in [0.1, 0.15) is 12.7 Å². The topological polar surface area (TPSA) is 80.3 Å². The molecule has 120 valence electrons. The fraction of sp³-hybridized carbons (Fsp3) is 0.294. The molecule has 0 aliphatic rings. The van der Waals surface area contributed by atoms with Crippen LogP contribution in [0.2, 0.25) is 0 Å². The third-order valence-corrected chi connectivity index (χ3v) is 3.75. The first-order chi connectivity index (χ1) is 11.1. The van der Waals surface area contributed by atoms with Crippen molar-refractivity contribution < 1.29 is 14.3 Å². The number of hydrogen-bond acceptors (Lipinski definition) is 4. The first-order valence-corrected chi connectivity index (χ1v) is 7.44. The number of imidazole rings is 1. The second-order valence-corrected chi connectivity index (χ2v) is 5.88. The summed E-state index contributed by atoms with van der Waals surface area (Å²) >= 11 is 0. The Morgan fingerprint density at radius 1 is 1.35 bits per heavy atom. The van der Waals surface area contributed by atoms with Crippen LogP contribution in [0.4, 0.5) is 0 Å². The lowest BCUT2D eigenvalue weighted by molar-refractivity contribution is -0.123. The average Bonchev–Trinajstić information content (AvgIpc) is 3.17. The summed E-state index contributed by atoms with van der Waals surface area (Å²) in [5.41, 5.74) is 1.06. The quantitative estimate of drug-likeness (QED) is 0.726. The molecule has 0 spiro atoms. The number of furan rings is 1. The lowest BCUT2D eigenvalue weighted by Crippen LogP contribution is -2.52. The fourth-order valence-corrected chi connectivity index (χ4v) is 2.59. The fourth-order valence-electron chi connectivity index (χ4n) is 2.59. The van der Waals surface area contributed by atoms with E-state index in [-0.39, 0.29) is 18.9 Å². The molecule has 1 aromatic carbocycles. The molecule has 2 heterocycles. The first-order valence-electron chi connectivity index (χ1n) is 7.44. The van der Waals surface area contributed by atoms with Crippen molar-refractivity contribution in [1.82, 2.24) is 14.9 Å². The normalized spacial score (nSPS) is 13.8. The molecule has 0 saturated heterocycles. The smallest absolute Gasteiger partial charge is 0.228 e. The number of rotatable bonds is 6. The van der Waals surface area contributed by atoms with Crippen molar-refractivity contribution in [3.05, 3.63) is 54.7 Å². The summed E-state index contributed by atoms with van der Waals surface area (Å²) in [7, 11) is 0. The zero-order chi connectivity index (χ0) is 16.3. The van der Waals surface area contributed by atoms with E-state index in [0.717, 1.165) is 11.0 Å². The van der Waals surface area contributed by atoms with E-state index in [2.05, 4.69) is 10.3 Å². The van der Waals surface area contributed by atoms with Gasteiger partial charge in [0.1, 0.15) is 5.76 Å². The van der Waals surface area contributed by atoms with Crippen molar-refractivity contribution in [3.8, 4) is 0 Å². The summed E-state index contributed by atoms with van der Waals surface area (Å²) in [6.07, 6.45) is 3.40. The number of benzene rings is 1. The molecule has 0 bridgehead atoms. The summed E-state index contributed by atoms with van der Waals surface area (Å²) in [5.74, 6) is 0.400. The van der Waals surface area contributed by atoms with Gasteiger partial charge in [-0.3, -0.25) is 4.79 Å². The maximum absolute atomic E-state index is 12.2. The number of carbonyl (C=O) groups excluding carboxylic acids is 1. The van der Waals surface area contributed by atoms with Crippen LogP contribution in [0.15, 0.2) is 53.4 Å². The standard InChI is InChI=1S/C17H19N3O3/c1-17(11-21,19-16(22)9-13-5-4-8-23-13)10-20-12-18-14-6-2-3-7-15(14)20/h2-8,12,21H,9-11H2,1H3,(H,19,22)/t17-/m0/s1. The van der Waals surface area contributed by atoms with Gasteiger partial charge in [-0.25, -0.2) is 4.98 Å². The van der Waals surface area contributed by atoms with Crippen molar-refractivity contribution in [2.45, 2.75) is 25.4 Å². The van der Waals surface area contributed by atoms with E-state index in [1.807, 2.05) is 35.8 Å². The number of nitrogens with one attached hydrogen (secondary N) is 1. The Hall–Kier alpha value is -2.60. The number of hydrogen-bond donors (Lipinski definition) is 2. The summed E-state index contributed by atoms with van der Waals surface area (Å²) in [6.45, 7) is 2.05. The highest BCUT2D eigenvalue weighted by atomic mass is 16.3. The summed E-state index contributed by atoms with van der Waals surface area (Å²) < 4.78 is 7.11. The van der Waals surface area contributed by atoms with Crippen LogP contribution in [0.3, 0.4) is 0 Å². The Kier molecular flexibility index (Phi) is 4.16. The number of aliphatic hydroxyl groups excluding tert-OH is 1. The van der Waals surface area contributed by atoms with Crippen LogP contribution in [0.5, 0.6) is 0 Å². The number of para-hydroxylation sites is 2. The van der Waals surface area contributed by atoms with E-state index < -0.39 is 5.54 Å². The zero-order valence-electron chi connectivity index (χ0n) is 12.9. The molecular formula is C17H19N3O3. The molecule has 2 N–H and O–H groups in total. The number of aromatic nitrogens is 2. The third-order valence-electron chi connectivity index (χ3n) is 3.75. The van der Waals surface area contributed by atoms with Crippen LogP contribution in [-0.4, -0.2) is 32.7 Å². The van der Waals surface area contributed by atoms with E-state index in [0.29, 0.717) is 12.3 Å². The predicted octanol–water partition coefficient (Wildman–Crippen LogP) is 1.74. The van der Waals surface area contributed by atoms with Crippen molar-refractivity contribution in [2.24, 2.45) is 0 Å².